The molecule has 2 rings (SSSR count). The van der Waals surface area contributed by atoms with E-state index in [1.54, 1.807) is 0 Å². The zero-order valence-electron chi connectivity index (χ0n) is 13.0. The number of carbonyl (C=O) groups excluding carboxylic acids is 1. The van der Waals surface area contributed by atoms with Gasteiger partial charge < -0.3 is 0 Å². The van der Waals surface area contributed by atoms with Crippen LogP contribution >= 0.6 is 11.3 Å². The molecule has 0 saturated carbocycles. The summed E-state index contributed by atoms with van der Waals surface area (Å²) < 4.78 is 99.9. The van der Waals surface area contributed by atoms with Crippen LogP contribution in [-0.2, 0) is 22.2 Å². The second-order valence-electron chi connectivity index (χ2n) is 4.84. The van der Waals surface area contributed by atoms with Gasteiger partial charge in [-0.25, -0.2) is 13.4 Å². The minimum absolute atomic E-state index is 0.0471. The van der Waals surface area contributed by atoms with Crippen LogP contribution in [0.25, 0.3) is 0 Å². The van der Waals surface area contributed by atoms with Crippen molar-refractivity contribution in [2.24, 2.45) is 0 Å². The highest BCUT2D eigenvalue weighted by molar-refractivity contribution is 7.91. The van der Waals surface area contributed by atoms with Gasteiger partial charge in [0.2, 0.25) is 10.1 Å². The summed E-state index contributed by atoms with van der Waals surface area (Å²) in [6.07, 6.45) is -9.49. The third-order valence-corrected chi connectivity index (χ3v) is 5.62. The summed E-state index contributed by atoms with van der Waals surface area (Å²) in [5, 5.41) is 5.72. The average Bonchev–Trinajstić information content (AvgIpc) is 3.02. The molecule has 0 aliphatic heterocycles. The van der Waals surface area contributed by atoms with Crippen LogP contribution in [0.1, 0.15) is 28.0 Å². The van der Waals surface area contributed by atoms with Gasteiger partial charge in [-0.15, -0.1) is 10.2 Å². The SMILES string of the molecule is CCS(=O)(=O)c1cc(C(F)(F)F)cnc1C(=O)Nc1nnc(C(F)(F)F)s1. The van der Waals surface area contributed by atoms with Gasteiger partial charge in [0.15, 0.2) is 9.84 Å². The molecule has 7 nitrogen and oxygen atoms in total. The standard InChI is InChI=1S/C12H8F6N4O3S2/c1-2-27(24,25)6-3-5(11(13,14)15)4-19-7(6)8(23)20-10-22-21-9(26-10)12(16,17)18/h3-4H,2H2,1H3,(H,20,22,23). The van der Waals surface area contributed by atoms with Crippen molar-refractivity contribution in [3.8, 4) is 0 Å². The van der Waals surface area contributed by atoms with Gasteiger partial charge in [-0.1, -0.05) is 18.3 Å². The van der Waals surface area contributed by atoms with Crippen molar-refractivity contribution < 1.29 is 39.6 Å². The van der Waals surface area contributed by atoms with E-state index in [4.69, 9.17) is 0 Å². The van der Waals surface area contributed by atoms with Gasteiger partial charge in [0.05, 0.1) is 16.2 Å². The number of nitrogens with one attached hydrogen (secondary N) is 1. The van der Waals surface area contributed by atoms with E-state index >= 15 is 0 Å². The summed E-state index contributed by atoms with van der Waals surface area (Å²) in [5.74, 6) is -1.98. The van der Waals surface area contributed by atoms with E-state index in [0.29, 0.717) is 0 Å². The van der Waals surface area contributed by atoms with Gasteiger partial charge in [-0.05, 0) is 6.07 Å². The van der Waals surface area contributed by atoms with Crippen LogP contribution in [0.5, 0.6) is 0 Å². The fourth-order valence-electron chi connectivity index (χ4n) is 1.71. The quantitative estimate of drug-likeness (QED) is 0.743. The lowest BCUT2D eigenvalue weighted by atomic mass is 10.2. The molecule has 1 amide bonds. The van der Waals surface area contributed by atoms with Gasteiger partial charge in [0.25, 0.3) is 5.91 Å². The minimum Gasteiger partial charge on any atom is -0.295 e. The zero-order chi connectivity index (χ0) is 20.6. The molecule has 2 heterocycles. The molecule has 0 spiro atoms. The Hall–Kier alpha value is -2.29. The van der Waals surface area contributed by atoms with E-state index < -0.39 is 60.1 Å². The predicted molar refractivity (Wildman–Crippen MR) is 79.8 cm³/mol. The molecule has 148 valence electrons. The van der Waals surface area contributed by atoms with E-state index in [9.17, 15) is 39.6 Å². The van der Waals surface area contributed by atoms with Crippen LogP contribution in [0.3, 0.4) is 0 Å². The topological polar surface area (TPSA) is 102 Å². The number of amides is 1. The Balaban J connectivity index is 2.45. The second-order valence-corrected chi connectivity index (χ2v) is 8.06. The van der Waals surface area contributed by atoms with E-state index in [1.807, 2.05) is 5.32 Å². The van der Waals surface area contributed by atoms with E-state index in [1.165, 1.54) is 0 Å². The Labute approximate surface area is 151 Å². The molecule has 0 bridgehead atoms. The van der Waals surface area contributed by atoms with Crippen molar-refractivity contribution in [2.75, 3.05) is 11.1 Å². The number of nitrogens with zero attached hydrogens (tertiary/aromatic N) is 3. The monoisotopic (exact) mass is 434 g/mol. The predicted octanol–water partition coefficient (Wildman–Crippen LogP) is 3.02. The number of aromatic nitrogens is 3. The highest BCUT2D eigenvalue weighted by Gasteiger charge is 2.37. The first-order valence-electron chi connectivity index (χ1n) is 6.77. The molecule has 0 saturated heterocycles. The van der Waals surface area contributed by atoms with Crippen LogP contribution in [0, 0.1) is 0 Å². The average molecular weight is 434 g/mol. The molecular weight excluding hydrogens is 426 g/mol. The molecule has 0 fully saturated rings. The first-order chi connectivity index (χ1) is 12.3. The number of hydrogen-bond donors (Lipinski definition) is 1. The third-order valence-electron chi connectivity index (χ3n) is 3.00. The maximum Gasteiger partial charge on any atom is 0.445 e. The number of alkyl halides is 6. The molecule has 0 unspecified atom stereocenters. The lowest BCUT2D eigenvalue weighted by Crippen LogP contribution is -2.20. The maximum absolute atomic E-state index is 12.8. The van der Waals surface area contributed by atoms with E-state index in [-0.39, 0.29) is 23.6 Å². The molecule has 2 aromatic rings. The lowest BCUT2D eigenvalue weighted by Gasteiger charge is -2.12. The largest absolute Gasteiger partial charge is 0.445 e. The Kier molecular flexibility index (Phi) is 5.47. The number of pyridine rings is 1. The number of sulfone groups is 1. The molecule has 2 aromatic heterocycles. The minimum atomic E-state index is -4.92. The highest BCUT2D eigenvalue weighted by Crippen LogP contribution is 2.34. The summed E-state index contributed by atoms with van der Waals surface area (Å²) in [4.78, 5) is 14.4. The summed E-state index contributed by atoms with van der Waals surface area (Å²) >= 11 is -0.0471. The summed E-state index contributed by atoms with van der Waals surface area (Å²) in [5.41, 5.74) is -2.31. The van der Waals surface area contributed by atoms with Crippen molar-refractivity contribution in [1.29, 1.82) is 0 Å². The molecule has 0 atom stereocenters. The van der Waals surface area contributed by atoms with Crippen molar-refractivity contribution in [2.45, 2.75) is 24.2 Å². The summed E-state index contributed by atoms with van der Waals surface area (Å²) in [7, 11) is -4.30. The fraction of sp³-hybridized carbons (Fsp3) is 0.333. The van der Waals surface area contributed by atoms with Gasteiger partial charge in [-0.3, -0.25) is 10.1 Å². The molecule has 15 heteroatoms. The maximum atomic E-state index is 12.8. The molecule has 27 heavy (non-hydrogen) atoms. The lowest BCUT2D eigenvalue weighted by molar-refractivity contribution is -0.138. The Bertz CT molecular complexity index is 968. The molecular formula is C12H8F6N4O3S2. The first-order valence-corrected chi connectivity index (χ1v) is 9.24. The number of anilines is 1. The molecule has 0 aliphatic carbocycles. The van der Waals surface area contributed by atoms with E-state index in [2.05, 4.69) is 15.2 Å². The van der Waals surface area contributed by atoms with Crippen LogP contribution in [0.4, 0.5) is 31.5 Å². The van der Waals surface area contributed by atoms with Crippen LogP contribution < -0.4 is 5.32 Å². The van der Waals surface area contributed by atoms with Gasteiger partial charge >= 0.3 is 12.4 Å². The number of halogens is 6. The molecule has 0 aromatic carbocycles. The van der Waals surface area contributed by atoms with Crippen LogP contribution in [-0.4, -0.2) is 35.3 Å². The van der Waals surface area contributed by atoms with E-state index in [0.717, 1.165) is 6.92 Å². The Morgan fingerprint density at radius 3 is 2.26 bits per heavy atom. The molecule has 1 N–H and O–H groups in total. The van der Waals surface area contributed by atoms with Gasteiger partial charge in [0.1, 0.15) is 5.69 Å². The number of hydrogen-bond acceptors (Lipinski definition) is 7. The number of carbonyl (C=O) groups is 1. The molecule has 0 radical (unpaired) electrons. The van der Waals surface area contributed by atoms with Crippen molar-refractivity contribution >= 4 is 32.2 Å². The Morgan fingerprint density at radius 2 is 1.78 bits per heavy atom. The van der Waals surface area contributed by atoms with Crippen molar-refractivity contribution in [3.05, 3.63) is 28.5 Å². The zero-order valence-corrected chi connectivity index (χ0v) is 14.6. The van der Waals surface area contributed by atoms with Crippen molar-refractivity contribution in [3.63, 3.8) is 0 Å². The van der Waals surface area contributed by atoms with Crippen LogP contribution in [0.2, 0.25) is 0 Å². The van der Waals surface area contributed by atoms with Crippen molar-refractivity contribution in [1.82, 2.24) is 15.2 Å². The smallest absolute Gasteiger partial charge is 0.295 e. The van der Waals surface area contributed by atoms with Gasteiger partial charge in [0, 0.05) is 6.20 Å². The summed E-state index contributed by atoms with van der Waals surface area (Å²) in [6.45, 7) is 1.14. The fourth-order valence-corrected chi connectivity index (χ4v) is 3.37. The normalized spacial score (nSPS) is 12.9. The van der Waals surface area contributed by atoms with Gasteiger partial charge in [-0.2, -0.15) is 26.3 Å². The first kappa shape index (κ1) is 21.0. The second kappa shape index (κ2) is 7.03. The van der Waals surface area contributed by atoms with Crippen LogP contribution in [0.15, 0.2) is 17.2 Å². The molecule has 0 aliphatic rings. The highest BCUT2D eigenvalue weighted by atomic mass is 32.2. The third kappa shape index (κ3) is 4.71. The Morgan fingerprint density at radius 1 is 1.15 bits per heavy atom. The summed E-state index contributed by atoms with van der Waals surface area (Å²) in [6, 6.07) is 0.238. The number of rotatable bonds is 4.